The lowest BCUT2D eigenvalue weighted by Gasteiger charge is -2.04. The van der Waals surface area contributed by atoms with E-state index >= 15 is 0 Å². The summed E-state index contributed by atoms with van der Waals surface area (Å²) < 4.78 is 23.5. The van der Waals surface area contributed by atoms with Crippen LogP contribution in [0, 0.1) is 0 Å². The van der Waals surface area contributed by atoms with Gasteiger partial charge in [-0.05, 0) is 12.1 Å². The highest BCUT2D eigenvalue weighted by Crippen LogP contribution is 2.13. The second kappa shape index (κ2) is 5.05. The van der Waals surface area contributed by atoms with Gasteiger partial charge in [0.05, 0.1) is 23.3 Å². The van der Waals surface area contributed by atoms with E-state index in [9.17, 15) is 8.42 Å². The zero-order chi connectivity index (χ0) is 13.2. The molecular weight excluding hydrogens is 252 g/mol. The summed E-state index contributed by atoms with van der Waals surface area (Å²) in [7, 11) is -1.47. The van der Waals surface area contributed by atoms with E-state index in [4.69, 9.17) is 5.14 Å². The fourth-order valence-corrected chi connectivity index (χ4v) is 2.20. The summed E-state index contributed by atoms with van der Waals surface area (Å²) in [6.07, 6.45) is 0. The van der Waals surface area contributed by atoms with E-state index < -0.39 is 10.0 Å². The van der Waals surface area contributed by atoms with Crippen molar-refractivity contribution in [1.29, 1.82) is 0 Å². The largest absolute Gasteiger partial charge is 0.330 e. The number of aromatic nitrogens is 2. The first kappa shape index (κ1) is 13.0. The minimum absolute atomic E-state index is 0.0725. The average molecular weight is 268 g/mol. The van der Waals surface area contributed by atoms with Gasteiger partial charge in [0.15, 0.2) is 0 Å². The number of hydrogen-bond acceptors (Lipinski definition) is 4. The molecule has 0 bridgehead atoms. The standard InChI is InChI=1S/C11H16N4O2S/c1-15-10-5-3-2-4-9(10)14-11(15)8-13-6-7-18(12,16)17/h2-5,13H,6-8H2,1H3,(H2,12,16,17). The summed E-state index contributed by atoms with van der Waals surface area (Å²) in [5, 5.41) is 7.94. The van der Waals surface area contributed by atoms with Crippen LogP contribution in [0.1, 0.15) is 5.82 Å². The van der Waals surface area contributed by atoms with Crippen LogP contribution in [0.5, 0.6) is 0 Å². The van der Waals surface area contributed by atoms with E-state index in [2.05, 4.69) is 10.3 Å². The number of aryl methyl sites for hydroxylation is 1. The molecule has 2 aromatic rings. The Labute approximate surface area is 106 Å². The van der Waals surface area contributed by atoms with E-state index in [1.807, 2.05) is 35.9 Å². The quantitative estimate of drug-likeness (QED) is 0.744. The predicted octanol–water partition coefficient (Wildman–Crippen LogP) is -0.0486. The van der Waals surface area contributed by atoms with Crippen LogP contribution in [0.3, 0.4) is 0 Å². The second-order valence-corrected chi connectivity index (χ2v) is 5.85. The molecule has 0 saturated heterocycles. The molecule has 1 heterocycles. The molecule has 6 nitrogen and oxygen atoms in total. The maximum absolute atomic E-state index is 10.8. The molecule has 3 N–H and O–H groups in total. The van der Waals surface area contributed by atoms with Gasteiger partial charge in [-0.3, -0.25) is 0 Å². The number of para-hydroxylation sites is 2. The van der Waals surface area contributed by atoms with E-state index in [1.54, 1.807) is 0 Å². The lowest BCUT2D eigenvalue weighted by atomic mass is 10.3. The summed E-state index contributed by atoms with van der Waals surface area (Å²) in [6.45, 7) is 0.836. The van der Waals surface area contributed by atoms with Crippen molar-refractivity contribution in [2.45, 2.75) is 6.54 Å². The van der Waals surface area contributed by atoms with Gasteiger partial charge in [0.2, 0.25) is 10.0 Å². The number of fused-ring (bicyclic) bond motifs is 1. The van der Waals surface area contributed by atoms with E-state index in [0.29, 0.717) is 13.1 Å². The lowest BCUT2D eigenvalue weighted by molar-refractivity contribution is 0.590. The monoisotopic (exact) mass is 268 g/mol. The smallest absolute Gasteiger partial charge is 0.210 e. The van der Waals surface area contributed by atoms with Crippen molar-refractivity contribution < 1.29 is 8.42 Å². The van der Waals surface area contributed by atoms with Gasteiger partial charge in [-0.1, -0.05) is 12.1 Å². The van der Waals surface area contributed by atoms with Gasteiger partial charge in [0.1, 0.15) is 5.82 Å². The van der Waals surface area contributed by atoms with Crippen LogP contribution in [0.15, 0.2) is 24.3 Å². The van der Waals surface area contributed by atoms with Crippen molar-refractivity contribution in [2.75, 3.05) is 12.3 Å². The third-order valence-corrected chi connectivity index (χ3v) is 3.50. The van der Waals surface area contributed by atoms with E-state index in [1.165, 1.54) is 0 Å². The first-order valence-corrected chi connectivity index (χ1v) is 7.30. The first-order valence-electron chi connectivity index (χ1n) is 5.59. The average Bonchev–Trinajstić information content (AvgIpc) is 2.62. The second-order valence-electron chi connectivity index (χ2n) is 4.12. The van der Waals surface area contributed by atoms with Gasteiger partial charge in [-0.15, -0.1) is 0 Å². The SMILES string of the molecule is Cn1c(CNCCS(N)(=O)=O)nc2ccccc21. The molecule has 1 aromatic carbocycles. The summed E-state index contributed by atoms with van der Waals surface area (Å²) in [6, 6.07) is 7.84. The summed E-state index contributed by atoms with van der Waals surface area (Å²) in [4.78, 5) is 4.47. The van der Waals surface area contributed by atoms with Crippen LogP contribution >= 0.6 is 0 Å². The van der Waals surface area contributed by atoms with Crippen LogP contribution in [0.4, 0.5) is 0 Å². The molecule has 0 fully saturated rings. The number of nitrogens with two attached hydrogens (primary N) is 1. The number of nitrogens with zero attached hydrogens (tertiary/aromatic N) is 2. The number of sulfonamides is 1. The molecule has 0 aliphatic carbocycles. The fourth-order valence-electron chi connectivity index (χ4n) is 1.77. The molecule has 98 valence electrons. The zero-order valence-corrected chi connectivity index (χ0v) is 10.9. The van der Waals surface area contributed by atoms with Crippen molar-refractivity contribution in [3.05, 3.63) is 30.1 Å². The predicted molar refractivity (Wildman–Crippen MR) is 70.4 cm³/mol. The molecular formula is C11H16N4O2S. The number of primary sulfonamides is 1. The molecule has 0 amide bonds. The van der Waals surface area contributed by atoms with Crippen LogP contribution in [-0.4, -0.2) is 30.3 Å². The minimum atomic E-state index is -3.40. The van der Waals surface area contributed by atoms with Gasteiger partial charge in [-0.2, -0.15) is 0 Å². The molecule has 0 unspecified atom stereocenters. The van der Waals surface area contributed by atoms with Gasteiger partial charge < -0.3 is 9.88 Å². The van der Waals surface area contributed by atoms with Crippen molar-refractivity contribution in [3.8, 4) is 0 Å². The van der Waals surface area contributed by atoms with Crippen molar-refractivity contribution in [3.63, 3.8) is 0 Å². The number of benzene rings is 1. The Kier molecular flexibility index (Phi) is 3.65. The van der Waals surface area contributed by atoms with Gasteiger partial charge in [-0.25, -0.2) is 18.5 Å². The molecule has 2 rings (SSSR count). The maximum atomic E-state index is 10.8. The Bertz CT molecular complexity index is 648. The normalized spacial score (nSPS) is 12.1. The third kappa shape index (κ3) is 3.06. The number of rotatable bonds is 5. The Balaban J connectivity index is 2.02. The highest BCUT2D eigenvalue weighted by Gasteiger charge is 2.07. The molecule has 0 atom stereocenters. The van der Waals surface area contributed by atoms with Gasteiger partial charge in [0.25, 0.3) is 0 Å². The molecule has 0 radical (unpaired) electrons. The Morgan fingerprint density at radius 3 is 2.78 bits per heavy atom. The molecule has 0 aliphatic rings. The lowest BCUT2D eigenvalue weighted by Crippen LogP contribution is -2.27. The molecule has 7 heteroatoms. The Hall–Kier alpha value is -1.44. The topological polar surface area (TPSA) is 90.0 Å². The van der Waals surface area contributed by atoms with Gasteiger partial charge in [0, 0.05) is 13.6 Å². The zero-order valence-electron chi connectivity index (χ0n) is 10.1. The Morgan fingerprint density at radius 2 is 2.11 bits per heavy atom. The first-order chi connectivity index (χ1) is 8.47. The molecule has 0 saturated carbocycles. The molecule has 1 aromatic heterocycles. The summed E-state index contributed by atoms with van der Waals surface area (Å²) >= 11 is 0. The van der Waals surface area contributed by atoms with Crippen LogP contribution in [0.25, 0.3) is 11.0 Å². The van der Waals surface area contributed by atoms with Crippen molar-refractivity contribution in [1.82, 2.24) is 14.9 Å². The van der Waals surface area contributed by atoms with Crippen molar-refractivity contribution in [2.24, 2.45) is 12.2 Å². The van der Waals surface area contributed by atoms with Gasteiger partial charge >= 0.3 is 0 Å². The van der Waals surface area contributed by atoms with Crippen molar-refractivity contribution >= 4 is 21.1 Å². The number of hydrogen-bond donors (Lipinski definition) is 2. The number of nitrogens with one attached hydrogen (secondary N) is 1. The maximum Gasteiger partial charge on any atom is 0.210 e. The highest BCUT2D eigenvalue weighted by atomic mass is 32.2. The van der Waals surface area contributed by atoms with Crippen LogP contribution in [-0.2, 0) is 23.6 Å². The minimum Gasteiger partial charge on any atom is -0.330 e. The van der Waals surface area contributed by atoms with E-state index in [-0.39, 0.29) is 5.75 Å². The molecule has 18 heavy (non-hydrogen) atoms. The summed E-state index contributed by atoms with van der Waals surface area (Å²) in [5.41, 5.74) is 1.99. The van der Waals surface area contributed by atoms with Crippen LogP contribution in [0.2, 0.25) is 0 Å². The van der Waals surface area contributed by atoms with Crippen LogP contribution < -0.4 is 10.5 Å². The third-order valence-electron chi connectivity index (χ3n) is 2.73. The molecule has 0 aliphatic heterocycles. The fraction of sp³-hybridized carbons (Fsp3) is 0.364. The number of imidazole rings is 1. The summed E-state index contributed by atoms with van der Waals surface area (Å²) in [5.74, 6) is 0.794. The molecule has 0 spiro atoms. The Morgan fingerprint density at radius 1 is 1.39 bits per heavy atom. The highest BCUT2D eigenvalue weighted by molar-refractivity contribution is 7.89. The van der Waals surface area contributed by atoms with E-state index in [0.717, 1.165) is 16.9 Å².